The zero-order valence-electron chi connectivity index (χ0n) is 24.3. The van der Waals surface area contributed by atoms with Gasteiger partial charge in [0.25, 0.3) is 5.91 Å². The lowest BCUT2D eigenvalue weighted by atomic mass is 9.76. The smallest absolute Gasteiger partial charge is 0.358 e. The van der Waals surface area contributed by atoms with E-state index in [-0.39, 0.29) is 23.0 Å². The fourth-order valence-electron chi connectivity index (χ4n) is 5.43. The normalized spacial score (nSPS) is 20.5. The molecule has 0 saturated heterocycles. The summed E-state index contributed by atoms with van der Waals surface area (Å²) in [5.74, 6) is 0.980. The van der Waals surface area contributed by atoms with Crippen LogP contribution in [0.1, 0.15) is 75.1 Å². The molecule has 0 unspecified atom stereocenters. The van der Waals surface area contributed by atoms with Gasteiger partial charge in [-0.2, -0.15) is 13.2 Å². The van der Waals surface area contributed by atoms with E-state index in [1.54, 1.807) is 6.07 Å². The Hall–Kier alpha value is -3.49. The zero-order chi connectivity index (χ0) is 30.2. The number of carbonyl (C=O) groups excluding carboxylic acids is 3. The summed E-state index contributed by atoms with van der Waals surface area (Å²) >= 11 is 0. The van der Waals surface area contributed by atoms with Gasteiger partial charge in [-0.15, -0.1) is 0 Å². The minimum Gasteiger partial charge on any atom is -0.358 e. The fraction of sp³-hybridized carbons (Fsp3) is 0.500. The monoisotopic (exact) mass is 571 g/mol. The van der Waals surface area contributed by atoms with Crippen molar-refractivity contribution in [2.75, 3.05) is 13.1 Å². The number of ketones is 1. The van der Waals surface area contributed by atoms with E-state index in [9.17, 15) is 27.6 Å². The van der Waals surface area contributed by atoms with Gasteiger partial charge in [-0.05, 0) is 75.5 Å². The number of carbonyl (C=O) groups is 3. The molecule has 2 aromatic rings. The van der Waals surface area contributed by atoms with E-state index in [0.717, 1.165) is 43.4 Å². The molecule has 1 aliphatic heterocycles. The van der Waals surface area contributed by atoms with Crippen molar-refractivity contribution in [3.63, 3.8) is 0 Å². The van der Waals surface area contributed by atoms with E-state index < -0.39 is 17.4 Å². The maximum atomic E-state index is 13.5. The number of nitrogens with one attached hydrogen (secondary N) is 1. The quantitative estimate of drug-likeness (QED) is 0.290. The van der Waals surface area contributed by atoms with Crippen LogP contribution >= 0.6 is 0 Å². The molecule has 1 aliphatic carbocycles. The van der Waals surface area contributed by atoms with Crippen molar-refractivity contribution >= 4 is 23.8 Å². The van der Waals surface area contributed by atoms with Crippen LogP contribution in [0.25, 0.3) is 0 Å². The van der Waals surface area contributed by atoms with E-state index in [1.165, 1.54) is 18.6 Å². The highest BCUT2D eigenvalue weighted by atomic mass is 19.4. The summed E-state index contributed by atoms with van der Waals surface area (Å²) in [5, 5.41) is 2.38. The van der Waals surface area contributed by atoms with Crippen LogP contribution in [-0.4, -0.2) is 47.5 Å². The van der Waals surface area contributed by atoms with Crippen LogP contribution in [0.5, 0.6) is 0 Å². The Balaban J connectivity index is 0.000000507. The van der Waals surface area contributed by atoms with Crippen LogP contribution < -0.4 is 5.32 Å². The molecule has 6 nitrogen and oxygen atoms in total. The Morgan fingerprint density at radius 1 is 1.15 bits per heavy atom. The maximum Gasteiger partial charge on any atom is 0.416 e. The average Bonchev–Trinajstić information content (AvgIpc) is 3.19. The predicted octanol–water partition coefficient (Wildman–Crippen LogP) is 6.14. The molecule has 4 rings (SSSR count). The van der Waals surface area contributed by atoms with Gasteiger partial charge in [0.1, 0.15) is 17.2 Å². The third-order valence-corrected chi connectivity index (χ3v) is 7.96. The third kappa shape index (κ3) is 8.50. The number of Topliss-reactive ketones (excluding diaryl/α,β-unsaturated/α-hetero) is 1. The number of halogens is 3. The summed E-state index contributed by atoms with van der Waals surface area (Å²) in [5.41, 5.74) is 1.30. The van der Waals surface area contributed by atoms with Gasteiger partial charge in [-0.1, -0.05) is 55.8 Å². The lowest BCUT2D eigenvalue weighted by Gasteiger charge is -2.42. The van der Waals surface area contributed by atoms with Crippen LogP contribution in [0.2, 0.25) is 0 Å². The number of rotatable bonds is 9. The Labute approximate surface area is 240 Å². The van der Waals surface area contributed by atoms with Crippen molar-refractivity contribution < 1.29 is 27.6 Å². The Morgan fingerprint density at radius 2 is 1.80 bits per heavy atom. The van der Waals surface area contributed by atoms with Crippen LogP contribution in [0.15, 0.2) is 53.5 Å². The van der Waals surface area contributed by atoms with Crippen molar-refractivity contribution in [1.29, 1.82) is 0 Å². The summed E-state index contributed by atoms with van der Waals surface area (Å²) in [7, 11) is 0. The van der Waals surface area contributed by atoms with E-state index in [0.29, 0.717) is 44.2 Å². The van der Waals surface area contributed by atoms with Gasteiger partial charge in [0.05, 0.1) is 5.56 Å². The number of alkyl halides is 3. The molecular formula is C32H40F3N3O3. The van der Waals surface area contributed by atoms with Gasteiger partial charge < -0.3 is 10.2 Å². The number of hydrogen-bond donors (Lipinski definition) is 1. The van der Waals surface area contributed by atoms with Gasteiger partial charge in [0.15, 0.2) is 0 Å². The van der Waals surface area contributed by atoms with Crippen molar-refractivity contribution in [2.45, 2.75) is 78.1 Å². The van der Waals surface area contributed by atoms with Crippen LogP contribution in [0.4, 0.5) is 13.2 Å². The second-order valence-electron chi connectivity index (χ2n) is 11.3. The van der Waals surface area contributed by atoms with E-state index >= 15 is 0 Å². The third-order valence-electron chi connectivity index (χ3n) is 7.96. The zero-order valence-corrected chi connectivity index (χ0v) is 24.3. The standard InChI is InChI=1S/C27H31F3N2O.C5H9NO2/c1-18(2)21-11-14-26(15-12-21)31-24(22-5-4-6-23(17-22)27(28,29)30)25(33)32(26)16-13-20-9-7-19(3)8-10-20;1-5(8)2-3-6-4-7/h4-10,17-18,21H,11-16H2,1-3H3;4H,2-3H2,1H3,(H,6,7). The lowest BCUT2D eigenvalue weighted by molar-refractivity contribution is -0.137. The highest BCUT2D eigenvalue weighted by molar-refractivity contribution is 6.46. The van der Waals surface area contributed by atoms with Gasteiger partial charge in [0.2, 0.25) is 6.41 Å². The van der Waals surface area contributed by atoms with E-state index in [4.69, 9.17) is 4.99 Å². The van der Waals surface area contributed by atoms with Crippen LogP contribution in [0.3, 0.4) is 0 Å². The molecule has 1 saturated carbocycles. The van der Waals surface area contributed by atoms with Gasteiger partial charge in [0, 0.05) is 25.1 Å². The molecule has 1 N–H and O–H groups in total. The molecule has 0 bridgehead atoms. The Kier molecular flexibility index (Phi) is 10.9. The van der Waals surface area contributed by atoms with Crippen molar-refractivity contribution in [3.8, 4) is 0 Å². The molecule has 0 aromatic heterocycles. The maximum absolute atomic E-state index is 13.5. The number of nitrogens with zero attached hydrogens (tertiary/aromatic N) is 2. The minimum absolute atomic E-state index is 0.0966. The average molecular weight is 572 g/mol. The van der Waals surface area contributed by atoms with Gasteiger partial charge in [-0.3, -0.25) is 19.4 Å². The number of aliphatic imine (C=N–C) groups is 1. The predicted molar refractivity (Wildman–Crippen MR) is 153 cm³/mol. The molecule has 1 spiro atoms. The molecule has 0 atom stereocenters. The molecule has 1 fully saturated rings. The lowest BCUT2D eigenvalue weighted by Crippen LogP contribution is -2.50. The number of benzene rings is 2. The van der Waals surface area contributed by atoms with Crippen molar-refractivity contribution in [1.82, 2.24) is 10.2 Å². The van der Waals surface area contributed by atoms with Crippen LogP contribution in [0, 0.1) is 18.8 Å². The molecule has 41 heavy (non-hydrogen) atoms. The van der Waals surface area contributed by atoms with Crippen LogP contribution in [-0.2, 0) is 27.0 Å². The molecule has 0 radical (unpaired) electrons. The topological polar surface area (TPSA) is 78.8 Å². The molecule has 2 aromatic carbocycles. The number of amides is 2. The molecule has 1 heterocycles. The number of hydrogen-bond acceptors (Lipinski definition) is 4. The SMILES string of the molecule is CC(=O)CCNC=O.Cc1ccc(CCN2C(=O)C(c3cccc(C(F)(F)F)c3)=NC23CCC(C(C)C)CC3)cc1. The highest BCUT2D eigenvalue weighted by Gasteiger charge is 2.49. The van der Waals surface area contributed by atoms with Gasteiger partial charge in [-0.25, -0.2) is 0 Å². The van der Waals surface area contributed by atoms with E-state index in [1.807, 2.05) is 11.8 Å². The summed E-state index contributed by atoms with van der Waals surface area (Å²) < 4.78 is 39.9. The first kappa shape index (κ1) is 32.0. The van der Waals surface area contributed by atoms with Gasteiger partial charge >= 0.3 is 6.18 Å². The first-order valence-corrected chi connectivity index (χ1v) is 14.2. The Morgan fingerprint density at radius 3 is 2.37 bits per heavy atom. The molecule has 222 valence electrons. The van der Waals surface area contributed by atoms with Crippen molar-refractivity contribution in [2.24, 2.45) is 16.8 Å². The Bertz CT molecular complexity index is 1230. The molecule has 9 heteroatoms. The number of aryl methyl sites for hydroxylation is 1. The first-order chi connectivity index (χ1) is 19.4. The minimum atomic E-state index is -4.46. The summed E-state index contributed by atoms with van der Waals surface area (Å²) in [4.78, 5) is 40.0. The molecular weight excluding hydrogens is 531 g/mol. The summed E-state index contributed by atoms with van der Waals surface area (Å²) in [6.07, 6.45) is 0.664. The summed E-state index contributed by atoms with van der Waals surface area (Å²) in [6.45, 7) is 8.92. The second kappa shape index (κ2) is 13.9. The first-order valence-electron chi connectivity index (χ1n) is 14.2. The second-order valence-corrected chi connectivity index (χ2v) is 11.3. The molecule has 2 aliphatic rings. The van der Waals surface area contributed by atoms with Crippen molar-refractivity contribution in [3.05, 3.63) is 70.8 Å². The highest BCUT2D eigenvalue weighted by Crippen LogP contribution is 2.44. The van der Waals surface area contributed by atoms with E-state index in [2.05, 4.69) is 43.4 Å². The summed E-state index contributed by atoms with van der Waals surface area (Å²) in [6, 6.07) is 13.2. The molecule has 2 amide bonds. The fourth-order valence-corrected chi connectivity index (χ4v) is 5.43. The largest absolute Gasteiger partial charge is 0.416 e.